The van der Waals surface area contributed by atoms with Crippen molar-refractivity contribution >= 4 is 0 Å². The molecule has 35 heavy (non-hydrogen) atoms. The third kappa shape index (κ3) is 5.86. The van der Waals surface area contributed by atoms with Gasteiger partial charge < -0.3 is 24.6 Å². The van der Waals surface area contributed by atoms with Gasteiger partial charge in [-0.3, -0.25) is 0 Å². The highest BCUT2D eigenvalue weighted by molar-refractivity contribution is 5.61. The Morgan fingerprint density at radius 3 is 1.83 bits per heavy atom. The van der Waals surface area contributed by atoms with E-state index in [0.29, 0.717) is 11.8 Å². The molecule has 6 aliphatic rings. The normalized spacial score (nSPS) is 37.4. The van der Waals surface area contributed by atoms with E-state index in [2.05, 4.69) is 57.6 Å². The number of nitrogens with zero attached hydrogens (tertiary/aromatic N) is 2. The lowest BCUT2D eigenvalue weighted by Gasteiger charge is -2.25. The monoisotopic (exact) mass is 475 g/mol. The van der Waals surface area contributed by atoms with Crippen LogP contribution in [-0.2, 0) is 9.47 Å². The first-order valence-corrected chi connectivity index (χ1v) is 14.1. The van der Waals surface area contributed by atoms with Gasteiger partial charge in [0, 0.05) is 76.7 Å². The van der Waals surface area contributed by atoms with Crippen molar-refractivity contribution in [3.63, 3.8) is 0 Å². The topological polar surface area (TPSA) is 37.0 Å². The Morgan fingerprint density at radius 2 is 1.23 bits per heavy atom. The lowest BCUT2D eigenvalue weighted by molar-refractivity contribution is 0.0464. The van der Waals surface area contributed by atoms with Crippen molar-refractivity contribution in [3.05, 3.63) is 64.7 Å². The standard InChI is InChI=1S/C30H41N3O2/c1-4-17-34-23(7-1)19-27-25(28(27)20-24-8-6-18-35-24)9-5-10-26-29(21-32-13-2-3-14-32)30(26)22-33-15-11-31-12-16-33/h9-10,19-26,31H,1-4,6-8,11-18H2. The molecule has 4 heterocycles. The molecule has 6 fully saturated rings. The first kappa shape index (κ1) is 23.4. The maximum Gasteiger partial charge on any atom is 0.0762 e. The lowest BCUT2D eigenvalue weighted by Crippen LogP contribution is -2.40. The van der Waals surface area contributed by atoms with Crippen LogP contribution in [0.3, 0.4) is 0 Å². The van der Waals surface area contributed by atoms with E-state index in [9.17, 15) is 0 Å². The Labute approximate surface area is 210 Å². The zero-order chi connectivity index (χ0) is 23.5. The van der Waals surface area contributed by atoms with Crippen molar-refractivity contribution in [1.29, 1.82) is 0 Å². The third-order valence-electron chi connectivity index (χ3n) is 8.21. The Kier molecular flexibility index (Phi) is 7.29. The molecular formula is C30H41N3O2. The number of ether oxygens (including phenoxy) is 2. The molecule has 0 amide bonds. The molecule has 0 bridgehead atoms. The van der Waals surface area contributed by atoms with Crippen molar-refractivity contribution in [2.45, 2.75) is 57.2 Å². The summed E-state index contributed by atoms with van der Waals surface area (Å²) >= 11 is 0. The zero-order valence-electron chi connectivity index (χ0n) is 21.1. The quantitative estimate of drug-likeness (QED) is 0.579. The Bertz CT molecular complexity index is 872. The average Bonchev–Trinajstić information content (AvgIpc) is 3.44. The van der Waals surface area contributed by atoms with Crippen molar-refractivity contribution in [2.75, 3.05) is 52.5 Å². The highest BCUT2D eigenvalue weighted by Gasteiger charge is 2.39. The molecule has 1 N–H and O–H groups in total. The number of nitrogens with one attached hydrogen (secondary N) is 1. The van der Waals surface area contributed by atoms with E-state index in [1.165, 1.54) is 67.5 Å². The summed E-state index contributed by atoms with van der Waals surface area (Å²) in [5.41, 5.74) is 9.46. The minimum atomic E-state index is 0.279. The third-order valence-corrected chi connectivity index (χ3v) is 8.21. The average molecular weight is 476 g/mol. The van der Waals surface area contributed by atoms with Crippen LogP contribution in [-0.4, -0.2) is 74.5 Å². The molecule has 6 rings (SSSR count). The summed E-state index contributed by atoms with van der Waals surface area (Å²) in [6.45, 7) is 8.56. The van der Waals surface area contributed by atoms with Crippen LogP contribution < -0.4 is 5.32 Å². The van der Waals surface area contributed by atoms with Crippen LogP contribution in [0, 0.1) is 11.8 Å². The number of piperazine rings is 1. The number of hydrogen-bond donors (Lipinski definition) is 1. The summed E-state index contributed by atoms with van der Waals surface area (Å²) in [6.07, 6.45) is 23.3. The summed E-state index contributed by atoms with van der Waals surface area (Å²) in [6, 6.07) is 0. The van der Waals surface area contributed by atoms with Gasteiger partial charge in [0.15, 0.2) is 0 Å². The van der Waals surface area contributed by atoms with E-state index < -0.39 is 0 Å². The number of hydrogen-bond acceptors (Lipinski definition) is 5. The predicted octanol–water partition coefficient (Wildman–Crippen LogP) is 4.33. The van der Waals surface area contributed by atoms with Crippen LogP contribution >= 0.6 is 0 Å². The Balaban J connectivity index is 1.18. The Morgan fingerprint density at radius 1 is 0.657 bits per heavy atom. The van der Waals surface area contributed by atoms with Gasteiger partial charge in [0.1, 0.15) is 0 Å². The van der Waals surface area contributed by atoms with Crippen LogP contribution in [0.4, 0.5) is 0 Å². The summed E-state index contributed by atoms with van der Waals surface area (Å²) in [4.78, 5) is 4.99. The van der Waals surface area contributed by atoms with Gasteiger partial charge in [0.25, 0.3) is 0 Å². The van der Waals surface area contributed by atoms with Crippen LogP contribution in [0.2, 0.25) is 0 Å². The first-order chi connectivity index (χ1) is 17.3. The van der Waals surface area contributed by atoms with Gasteiger partial charge in [-0.15, -0.1) is 5.73 Å². The molecule has 4 atom stereocenters. The predicted molar refractivity (Wildman–Crippen MR) is 140 cm³/mol. The minimum absolute atomic E-state index is 0.279. The van der Waals surface area contributed by atoms with E-state index in [0.717, 1.165) is 52.2 Å². The fourth-order valence-corrected chi connectivity index (χ4v) is 5.98. The molecule has 0 aromatic carbocycles. The van der Waals surface area contributed by atoms with Gasteiger partial charge >= 0.3 is 0 Å². The minimum Gasteiger partial charge on any atom is -0.377 e. The van der Waals surface area contributed by atoms with Gasteiger partial charge in [-0.1, -0.05) is 12.2 Å². The Hall–Kier alpha value is -2.04. The largest absolute Gasteiger partial charge is 0.377 e. The summed E-state index contributed by atoms with van der Waals surface area (Å²) in [7, 11) is 0. The second-order valence-electron chi connectivity index (χ2n) is 10.9. The van der Waals surface area contributed by atoms with E-state index in [1.807, 2.05) is 0 Å². The SMILES string of the molecule is C(=CC1C(=CC2CCCCO2)C1=CC1CCCO1)=CC1C(=CN2CCCC2)C1=CN1CCNCC1. The van der Waals surface area contributed by atoms with E-state index in [-0.39, 0.29) is 12.2 Å². The van der Waals surface area contributed by atoms with Gasteiger partial charge in [0.2, 0.25) is 0 Å². The molecular weight excluding hydrogens is 434 g/mol. The molecule has 4 unspecified atom stereocenters. The van der Waals surface area contributed by atoms with E-state index in [4.69, 9.17) is 9.47 Å². The smallest absolute Gasteiger partial charge is 0.0762 e. The second-order valence-corrected chi connectivity index (χ2v) is 10.9. The van der Waals surface area contributed by atoms with E-state index in [1.54, 1.807) is 0 Å². The fraction of sp³-hybridized carbons (Fsp3) is 0.633. The van der Waals surface area contributed by atoms with Crippen LogP contribution in [0.5, 0.6) is 0 Å². The maximum atomic E-state index is 6.01. The molecule has 0 radical (unpaired) electrons. The molecule has 4 saturated heterocycles. The molecule has 0 spiro atoms. The van der Waals surface area contributed by atoms with Crippen molar-refractivity contribution in [2.24, 2.45) is 11.8 Å². The van der Waals surface area contributed by atoms with Crippen LogP contribution in [0.25, 0.3) is 0 Å². The second kappa shape index (κ2) is 10.9. The van der Waals surface area contributed by atoms with Gasteiger partial charge in [-0.25, -0.2) is 0 Å². The molecule has 5 nitrogen and oxygen atoms in total. The van der Waals surface area contributed by atoms with E-state index >= 15 is 0 Å². The van der Waals surface area contributed by atoms with Gasteiger partial charge in [-0.05, 0) is 79.4 Å². The molecule has 5 heteroatoms. The molecule has 0 aromatic heterocycles. The highest BCUT2D eigenvalue weighted by atomic mass is 16.5. The number of likely N-dealkylation sites (tertiary alicyclic amines) is 1. The van der Waals surface area contributed by atoms with Gasteiger partial charge in [0.05, 0.1) is 12.2 Å². The molecule has 4 aliphatic heterocycles. The number of allylic oxidation sites excluding steroid dienone is 5. The zero-order valence-corrected chi connectivity index (χ0v) is 21.1. The molecule has 188 valence electrons. The van der Waals surface area contributed by atoms with Crippen LogP contribution in [0.1, 0.15) is 44.9 Å². The lowest BCUT2D eigenvalue weighted by atomic mass is 10.1. The maximum absolute atomic E-state index is 6.01. The molecule has 2 aliphatic carbocycles. The number of rotatable bonds is 6. The summed E-state index contributed by atoms with van der Waals surface area (Å²) < 4.78 is 11.9. The van der Waals surface area contributed by atoms with Crippen LogP contribution in [0.15, 0.2) is 64.7 Å². The van der Waals surface area contributed by atoms with Crippen molar-refractivity contribution in [1.82, 2.24) is 15.1 Å². The summed E-state index contributed by atoms with van der Waals surface area (Å²) in [5, 5.41) is 3.46. The summed E-state index contributed by atoms with van der Waals surface area (Å²) in [5.74, 6) is 0.798. The van der Waals surface area contributed by atoms with Gasteiger partial charge in [-0.2, -0.15) is 0 Å². The van der Waals surface area contributed by atoms with Crippen molar-refractivity contribution < 1.29 is 9.47 Å². The first-order valence-electron chi connectivity index (χ1n) is 14.1. The van der Waals surface area contributed by atoms with Crippen molar-refractivity contribution in [3.8, 4) is 0 Å². The fourth-order valence-electron chi connectivity index (χ4n) is 5.98. The molecule has 0 aromatic rings. The molecule has 2 saturated carbocycles. The highest BCUT2D eigenvalue weighted by Crippen LogP contribution is 2.49.